The number of amides is 1. The zero-order valence-electron chi connectivity index (χ0n) is 10.7. The van der Waals surface area contributed by atoms with E-state index in [4.69, 9.17) is 4.74 Å². The van der Waals surface area contributed by atoms with E-state index in [1.54, 1.807) is 24.3 Å². The van der Waals surface area contributed by atoms with E-state index in [1.165, 1.54) is 25.3 Å². The molecule has 2 rings (SSSR count). The van der Waals surface area contributed by atoms with Gasteiger partial charge in [0.25, 0.3) is 5.91 Å². The van der Waals surface area contributed by atoms with Gasteiger partial charge in [-0.1, -0.05) is 0 Å². The third-order valence-electron chi connectivity index (χ3n) is 2.72. The minimum atomic E-state index is -0.528. The lowest BCUT2D eigenvalue weighted by Crippen LogP contribution is -2.12. The molecule has 102 valence electrons. The highest BCUT2D eigenvalue weighted by atomic mass is 19.1. The molecule has 0 atom stereocenters. The van der Waals surface area contributed by atoms with Gasteiger partial charge < -0.3 is 10.1 Å². The van der Waals surface area contributed by atoms with Crippen LogP contribution >= 0.6 is 0 Å². The Balaban J connectivity index is 2.16. The summed E-state index contributed by atoms with van der Waals surface area (Å²) in [6, 6.07) is 10.3. The van der Waals surface area contributed by atoms with Crippen molar-refractivity contribution in [1.29, 1.82) is 0 Å². The summed E-state index contributed by atoms with van der Waals surface area (Å²) in [5.41, 5.74) is 1.35. The number of ether oxygens (including phenoxy) is 1. The molecule has 0 unspecified atom stereocenters. The maximum Gasteiger partial charge on any atom is 0.255 e. The quantitative estimate of drug-likeness (QED) is 0.871. The molecule has 1 amide bonds. The molecule has 0 saturated heterocycles. The molecule has 20 heavy (non-hydrogen) atoms. The molecule has 1 N–H and O–H groups in total. The molecule has 0 saturated carbocycles. The molecule has 0 heterocycles. The Kier molecular flexibility index (Phi) is 4.10. The minimum absolute atomic E-state index is 0.00829. The van der Waals surface area contributed by atoms with Gasteiger partial charge >= 0.3 is 0 Å². The Hall–Kier alpha value is -2.69. The molecule has 5 heteroatoms. The third-order valence-corrected chi connectivity index (χ3v) is 2.72. The maximum atomic E-state index is 13.3. The minimum Gasteiger partial charge on any atom is -0.494 e. The molecular weight excluding hydrogens is 261 g/mol. The van der Waals surface area contributed by atoms with Gasteiger partial charge in [0.1, 0.15) is 6.29 Å². The third kappa shape index (κ3) is 3.00. The van der Waals surface area contributed by atoms with E-state index in [2.05, 4.69) is 5.32 Å². The van der Waals surface area contributed by atoms with Gasteiger partial charge in [-0.25, -0.2) is 4.39 Å². The molecule has 0 spiro atoms. The summed E-state index contributed by atoms with van der Waals surface area (Å²) in [5.74, 6) is -0.907. The van der Waals surface area contributed by atoms with Crippen LogP contribution in [0.15, 0.2) is 42.5 Å². The van der Waals surface area contributed by atoms with Crippen LogP contribution in [0.3, 0.4) is 0 Å². The van der Waals surface area contributed by atoms with Gasteiger partial charge in [0.05, 0.1) is 7.11 Å². The summed E-state index contributed by atoms with van der Waals surface area (Å²) in [6.45, 7) is 0. The number of carbonyl (C=O) groups excluding carboxylic acids is 2. The average molecular weight is 273 g/mol. The summed E-state index contributed by atoms with van der Waals surface area (Å²) in [4.78, 5) is 22.5. The van der Waals surface area contributed by atoms with Crippen LogP contribution in [0.25, 0.3) is 0 Å². The number of aldehydes is 1. The van der Waals surface area contributed by atoms with Crippen molar-refractivity contribution in [2.24, 2.45) is 0 Å². The van der Waals surface area contributed by atoms with Crippen LogP contribution in [0.5, 0.6) is 5.75 Å². The van der Waals surface area contributed by atoms with Gasteiger partial charge in [-0.05, 0) is 42.5 Å². The van der Waals surface area contributed by atoms with Crippen LogP contribution in [-0.2, 0) is 0 Å². The van der Waals surface area contributed by atoms with E-state index >= 15 is 0 Å². The average Bonchev–Trinajstić information content (AvgIpc) is 2.48. The summed E-state index contributed by atoms with van der Waals surface area (Å²) >= 11 is 0. The largest absolute Gasteiger partial charge is 0.494 e. The Bertz CT molecular complexity index is 638. The van der Waals surface area contributed by atoms with E-state index in [1.807, 2.05) is 0 Å². The van der Waals surface area contributed by atoms with Crippen molar-refractivity contribution in [1.82, 2.24) is 0 Å². The van der Waals surface area contributed by atoms with Gasteiger partial charge in [0.2, 0.25) is 0 Å². The number of rotatable bonds is 4. The number of methoxy groups -OCH3 is 1. The lowest BCUT2D eigenvalue weighted by Gasteiger charge is -2.07. The predicted molar refractivity (Wildman–Crippen MR) is 72.7 cm³/mol. The van der Waals surface area contributed by atoms with Crippen LogP contribution in [0.4, 0.5) is 10.1 Å². The molecular formula is C15H12FNO3. The SMILES string of the molecule is COc1cc(C(=O)Nc2ccc(C=O)cc2)ccc1F. The fraction of sp³-hybridized carbons (Fsp3) is 0.0667. The zero-order valence-corrected chi connectivity index (χ0v) is 10.7. The van der Waals surface area contributed by atoms with Crippen molar-refractivity contribution < 1.29 is 18.7 Å². The molecule has 0 fully saturated rings. The number of nitrogens with one attached hydrogen (secondary N) is 1. The summed E-state index contributed by atoms with van der Waals surface area (Å²) in [6.07, 6.45) is 0.719. The molecule has 0 bridgehead atoms. The number of carbonyl (C=O) groups is 2. The highest BCUT2D eigenvalue weighted by molar-refractivity contribution is 6.04. The van der Waals surface area contributed by atoms with Crippen LogP contribution in [0.2, 0.25) is 0 Å². The first-order valence-corrected chi connectivity index (χ1v) is 5.84. The number of benzene rings is 2. The highest BCUT2D eigenvalue weighted by Crippen LogP contribution is 2.19. The van der Waals surface area contributed by atoms with Crippen molar-refractivity contribution in [3.63, 3.8) is 0 Å². The van der Waals surface area contributed by atoms with E-state index < -0.39 is 5.82 Å². The standard InChI is InChI=1S/C15H12FNO3/c1-20-14-8-11(4-7-13(14)16)15(19)17-12-5-2-10(9-18)3-6-12/h2-9H,1H3,(H,17,19). The fourth-order valence-corrected chi connectivity index (χ4v) is 1.65. The van der Waals surface area contributed by atoms with Crippen molar-refractivity contribution in [3.8, 4) is 5.75 Å². The van der Waals surface area contributed by atoms with Crippen LogP contribution < -0.4 is 10.1 Å². The van der Waals surface area contributed by atoms with E-state index in [0.717, 1.165) is 6.29 Å². The van der Waals surface area contributed by atoms with E-state index in [0.29, 0.717) is 11.3 Å². The van der Waals surface area contributed by atoms with Gasteiger partial charge in [-0.2, -0.15) is 0 Å². The van der Waals surface area contributed by atoms with Gasteiger partial charge in [0.15, 0.2) is 11.6 Å². The fourth-order valence-electron chi connectivity index (χ4n) is 1.65. The first-order valence-electron chi connectivity index (χ1n) is 5.84. The maximum absolute atomic E-state index is 13.3. The molecule has 0 aliphatic carbocycles. The van der Waals surface area contributed by atoms with Crippen molar-refractivity contribution in [2.45, 2.75) is 0 Å². The monoisotopic (exact) mass is 273 g/mol. The Labute approximate surface area is 115 Å². The predicted octanol–water partition coefficient (Wildman–Crippen LogP) is 2.90. The Morgan fingerprint density at radius 1 is 1.20 bits per heavy atom. The number of hydrogen-bond acceptors (Lipinski definition) is 3. The summed E-state index contributed by atoms with van der Waals surface area (Å²) < 4.78 is 18.1. The summed E-state index contributed by atoms with van der Waals surface area (Å²) in [5, 5.41) is 2.65. The van der Waals surface area contributed by atoms with E-state index in [-0.39, 0.29) is 17.2 Å². The topological polar surface area (TPSA) is 55.4 Å². The molecule has 0 aromatic heterocycles. The normalized spacial score (nSPS) is 9.90. The number of anilines is 1. The van der Waals surface area contributed by atoms with Crippen molar-refractivity contribution in [3.05, 3.63) is 59.4 Å². The van der Waals surface area contributed by atoms with Crippen LogP contribution in [0.1, 0.15) is 20.7 Å². The highest BCUT2D eigenvalue weighted by Gasteiger charge is 2.10. The van der Waals surface area contributed by atoms with Crippen LogP contribution in [-0.4, -0.2) is 19.3 Å². The number of halogens is 1. The second-order valence-electron chi connectivity index (χ2n) is 4.04. The lowest BCUT2D eigenvalue weighted by atomic mass is 10.1. The van der Waals surface area contributed by atoms with Crippen molar-refractivity contribution in [2.75, 3.05) is 12.4 Å². The molecule has 2 aromatic carbocycles. The first kappa shape index (κ1) is 13.7. The van der Waals surface area contributed by atoms with Gasteiger partial charge in [-0.15, -0.1) is 0 Å². The molecule has 0 aliphatic rings. The number of hydrogen-bond donors (Lipinski definition) is 1. The van der Waals surface area contributed by atoms with E-state index in [9.17, 15) is 14.0 Å². The first-order chi connectivity index (χ1) is 9.63. The summed E-state index contributed by atoms with van der Waals surface area (Å²) in [7, 11) is 1.33. The Morgan fingerprint density at radius 2 is 1.90 bits per heavy atom. The second-order valence-corrected chi connectivity index (χ2v) is 4.04. The lowest BCUT2D eigenvalue weighted by molar-refractivity contribution is 0.102. The smallest absolute Gasteiger partial charge is 0.255 e. The van der Waals surface area contributed by atoms with Gasteiger partial charge in [0, 0.05) is 16.8 Å². The second kappa shape index (κ2) is 5.97. The van der Waals surface area contributed by atoms with Gasteiger partial charge in [-0.3, -0.25) is 9.59 Å². The molecule has 0 radical (unpaired) electrons. The molecule has 0 aliphatic heterocycles. The zero-order chi connectivity index (χ0) is 14.5. The van der Waals surface area contributed by atoms with Crippen molar-refractivity contribution >= 4 is 17.9 Å². The molecule has 4 nitrogen and oxygen atoms in total. The van der Waals surface area contributed by atoms with Crippen LogP contribution in [0, 0.1) is 5.82 Å². The Morgan fingerprint density at radius 3 is 2.50 bits per heavy atom. The molecule has 2 aromatic rings.